The van der Waals surface area contributed by atoms with Crippen LogP contribution in [0, 0.1) is 13.8 Å². The van der Waals surface area contributed by atoms with Crippen LogP contribution in [0.5, 0.6) is 0 Å². The van der Waals surface area contributed by atoms with Crippen LogP contribution in [0.25, 0.3) is 0 Å². The van der Waals surface area contributed by atoms with Gasteiger partial charge in [0.25, 0.3) is 0 Å². The van der Waals surface area contributed by atoms with Gasteiger partial charge in [0.2, 0.25) is 10.0 Å². The fourth-order valence-electron chi connectivity index (χ4n) is 3.01. The summed E-state index contributed by atoms with van der Waals surface area (Å²) in [5, 5.41) is 0. The molecule has 1 N–H and O–H groups in total. The van der Waals surface area contributed by atoms with Gasteiger partial charge in [-0.25, -0.2) is 16.8 Å². The molecule has 0 bridgehead atoms. The number of rotatable bonds is 6. The Morgan fingerprint density at radius 1 is 0.690 bits per heavy atom. The Balaban J connectivity index is 2.02. The average Bonchev–Trinajstić information content (AvgIpc) is 2.68. The van der Waals surface area contributed by atoms with E-state index in [0.717, 1.165) is 28.5 Å². The van der Waals surface area contributed by atoms with Crippen molar-refractivity contribution in [1.29, 1.82) is 0 Å². The number of sulfonamides is 1. The number of hydrogen-bond acceptors (Lipinski definition) is 4. The van der Waals surface area contributed by atoms with Crippen LogP contribution < -0.4 is 4.72 Å². The number of nitrogens with one attached hydrogen (secondary N) is 1. The minimum atomic E-state index is -3.89. The summed E-state index contributed by atoms with van der Waals surface area (Å²) in [6.45, 7) is 3.99. The van der Waals surface area contributed by atoms with Gasteiger partial charge < -0.3 is 0 Å². The van der Waals surface area contributed by atoms with E-state index in [1.807, 2.05) is 62.4 Å². The fourth-order valence-corrected chi connectivity index (χ4v) is 4.85. The molecule has 0 unspecified atom stereocenters. The summed E-state index contributed by atoms with van der Waals surface area (Å²) in [6.07, 6.45) is 1.08. The van der Waals surface area contributed by atoms with Crippen LogP contribution in [0.2, 0.25) is 0 Å². The van der Waals surface area contributed by atoms with Gasteiger partial charge in [0, 0.05) is 6.26 Å². The van der Waals surface area contributed by atoms with E-state index in [9.17, 15) is 16.8 Å². The van der Waals surface area contributed by atoms with Gasteiger partial charge in [0.15, 0.2) is 9.84 Å². The molecule has 3 rings (SSSR count). The van der Waals surface area contributed by atoms with Crippen molar-refractivity contribution in [2.24, 2.45) is 0 Å². The molecule has 0 aliphatic heterocycles. The molecule has 0 aliphatic rings. The first-order valence-corrected chi connectivity index (χ1v) is 12.4. The highest BCUT2D eigenvalue weighted by Gasteiger charge is 2.23. The highest BCUT2D eigenvalue weighted by Crippen LogP contribution is 2.26. The smallest absolute Gasteiger partial charge is 0.224 e. The van der Waals surface area contributed by atoms with Gasteiger partial charge in [-0.15, -0.1) is 0 Å². The van der Waals surface area contributed by atoms with Crippen LogP contribution in [0.1, 0.15) is 28.3 Å². The second kappa shape index (κ2) is 8.10. The molecule has 152 valence electrons. The summed E-state index contributed by atoms with van der Waals surface area (Å²) >= 11 is 0. The number of aryl methyl sites for hydroxylation is 2. The third-order valence-electron chi connectivity index (χ3n) is 4.83. The van der Waals surface area contributed by atoms with Gasteiger partial charge in [-0.1, -0.05) is 48.5 Å². The Morgan fingerprint density at radius 2 is 1.28 bits per heavy atom. The van der Waals surface area contributed by atoms with Crippen LogP contribution >= 0.6 is 0 Å². The summed E-state index contributed by atoms with van der Waals surface area (Å²) in [5.41, 5.74) is 3.84. The molecule has 0 radical (unpaired) electrons. The van der Waals surface area contributed by atoms with Gasteiger partial charge in [0.1, 0.15) is 0 Å². The van der Waals surface area contributed by atoms with E-state index in [0.29, 0.717) is 0 Å². The van der Waals surface area contributed by atoms with Crippen LogP contribution in [-0.4, -0.2) is 23.1 Å². The van der Waals surface area contributed by atoms with Gasteiger partial charge in [0.05, 0.1) is 15.8 Å². The average molecular weight is 430 g/mol. The van der Waals surface area contributed by atoms with Gasteiger partial charge in [-0.2, -0.15) is 4.72 Å². The van der Waals surface area contributed by atoms with E-state index in [4.69, 9.17) is 0 Å². The van der Waals surface area contributed by atoms with E-state index in [-0.39, 0.29) is 9.79 Å². The molecule has 0 saturated heterocycles. The molecule has 1 atom stereocenters. The molecule has 5 nitrogen and oxygen atoms in total. The standard InChI is InChI=1S/C22H23NO4S2/c1-16-9-10-19(15-17(16)2)22(18-7-5-4-6-8-18)23-29(26,27)21-13-11-20(12-14-21)28(3,24)25/h4-15,22-23H,1-3H3/t22-/m1/s1. The summed E-state index contributed by atoms with van der Waals surface area (Å²) in [5.74, 6) is 0. The summed E-state index contributed by atoms with van der Waals surface area (Å²) in [4.78, 5) is 0.0832. The second-order valence-corrected chi connectivity index (χ2v) is 10.8. The van der Waals surface area contributed by atoms with Crippen molar-refractivity contribution in [3.05, 3.63) is 95.1 Å². The van der Waals surface area contributed by atoms with Crippen molar-refractivity contribution < 1.29 is 16.8 Å². The van der Waals surface area contributed by atoms with Gasteiger partial charge >= 0.3 is 0 Å². The minimum Gasteiger partial charge on any atom is -0.224 e. The van der Waals surface area contributed by atoms with Crippen molar-refractivity contribution >= 4 is 19.9 Å². The quantitative estimate of drug-likeness (QED) is 0.647. The van der Waals surface area contributed by atoms with Gasteiger partial charge in [-0.05, 0) is 60.4 Å². The van der Waals surface area contributed by atoms with Gasteiger partial charge in [-0.3, -0.25) is 0 Å². The second-order valence-electron chi connectivity index (χ2n) is 7.05. The Kier molecular flexibility index (Phi) is 5.93. The zero-order valence-electron chi connectivity index (χ0n) is 16.5. The first kappa shape index (κ1) is 21.2. The fraction of sp³-hybridized carbons (Fsp3) is 0.182. The molecule has 3 aromatic carbocycles. The van der Waals surface area contributed by atoms with Crippen molar-refractivity contribution in [1.82, 2.24) is 4.72 Å². The van der Waals surface area contributed by atoms with Crippen molar-refractivity contribution in [2.75, 3.05) is 6.26 Å². The van der Waals surface area contributed by atoms with E-state index in [1.54, 1.807) is 0 Å². The molecule has 3 aromatic rings. The molecule has 0 heterocycles. The molecule has 0 aromatic heterocycles. The third-order valence-corrected chi connectivity index (χ3v) is 7.40. The molecule has 0 spiro atoms. The maximum Gasteiger partial charge on any atom is 0.241 e. The van der Waals surface area contributed by atoms with Crippen LogP contribution in [0.4, 0.5) is 0 Å². The Hall–Kier alpha value is -2.48. The number of benzene rings is 3. The normalized spacial score (nSPS) is 13.2. The molecule has 0 fully saturated rings. The van der Waals surface area contributed by atoms with Crippen LogP contribution in [-0.2, 0) is 19.9 Å². The molecule has 0 aliphatic carbocycles. The first-order valence-electron chi connectivity index (χ1n) is 9.02. The molecule has 0 saturated carbocycles. The lowest BCUT2D eigenvalue weighted by Gasteiger charge is -2.21. The topological polar surface area (TPSA) is 80.3 Å². The largest absolute Gasteiger partial charge is 0.241 e. The summed E-state index contributed by atoms with van der Waals surface area (Å²) in [6, 6.07) is 19.8. The van der Waals surface area contributed by atoms with Crippen LogP contribution in [0.15, 0.2) is 82.6 Å². The zero-order chi connectivity index (χ0) is 21.2. The van der Waals surface area contributed by atoms with E-state index in [1.165, 1.54) is 24.3 Å². The summed E-state index contributed by atoms with van der Waals surface area (Å²) in [7, 11) is -7.28. The zero-order valence-corrected chi connectivity index (χ0v) is 18.1. The highest BCUT2D eigenvalue weighted by atomic mass is 32.2. The lowest BCUT2D eigenvalue weighted by Crippen LogP contribution is -2.29. The summed E-state index contributed by atoms with van der Waals surface area (Å²) < 4.78 is 52.1. The third kappa shape index (κ3) is 4.93. The molecule has 29 heavy (non-hydrogen) atoms. The van der Waals surface area contributed by atoms with E-state index in [2.05, 4.69) is 4.72 Å². The monoisotopic (exact) mass is 429 g/mol. The Bertz CT molecular complexity index is 1220. The highest BCUT2D eigenvalue weighted by molar-refractivity contribution is 7.90. The van der Waals surface area contributed by atoms with Crippen molar-refractivity contribution in [3.63, 3.8) is 0 Å². The molecular weight excluding hydrogens is 406 g/mol. The Labute approximate surface area is 172 Å². The van der Waals surface area contributed by atoms with Crippen molar-refractivity contribution in [3.8, 4) is 0 Å². The van der Waals surface area contributed by atoms with Crippen molar-refractivity contribution in [2.45, 2.75) is 29.7 Å². The van der Waals surface area contributed by atoms with E-state index < -0.39 is 25.9 Å². The molecule has 0 amide bonds. The predicted molar refractivity (Wildman–Crippen MR) is 114 cm³/mol. The lowest BCUT2D eigenvalue weighted by molar-refractivity contribution is 0.571. The van der Waals surface area contributed by atoms with Crippen LogP contribution in [0.3, 0.4) is 0 Å². The predicted octanol–water partition coefficient (Wildman–Crippen LogP) is 3.77. The minimum absolute atomic E-state index is 0.00895. The Morgan fingerprint density at radius 3 is 1.83 bits per heavy atom. The SMILES string of the molecule is Cc1ccc([C@H](NS(=O)(=O)c2ccc(S(C)(=O)=O)cc2)c2ccccc2)cc1C. The maximum absolute atomic E-state index is 13.0. The van der Waals surface area contributed by atoms with E-state index >= 15 is 0 Å². The molecular formula is C22H23NO4S2. The number of sulfone groups is 1. The number of hydrogen-bond donors (Lipinski definition) is 1. The first-order chi connectivity index (χ1) is 13.6. The lowest BCUT2D eigenvalue weighted by atomic mass is 9.96. The maximum atomic E-state index is 13.0. The molecule has 7 heteroatoms.